The van der Waals surface area contributed by atoms with Gasteiger partial charge in [-0.15, -0.1) is 0 Å². The fourth-order valence-corrected chi connectivity index (χ4v) is 1.25. The van der Waals surface area contributed by atoms with Gasteiger partial charge in [-0.25, -0.2) is 0 Å². The van der Waals surface area contributed by atoms with Gasteiger partial charge in [0.25, 0.3) is 0 Å². The van der Waals surface area contributed by atoms with E-state index in [9.17, 15) is 14.4 Å². The molecule has 0 radical (unpaired) electrons. The van der Waals surface area contributed by atoms with Crippen molar-refractivity contribution in [2.24, 2.45) is 0 Å². The normalized spacial score (nSPS) is 11.7. The third-order valence-electron chi connectivity index (χ3n) is 2.26. The zero-order chi connectivity index (χ0) is 13.3. The van der Waals surface area contributed by atoms with Crippen molar-refractivity contribution >= 4 is 26.6 Å². The lowest BCUT2D eigenvalue weighted by Crippen LogP contribution is -2.42. The molecule has 0 aliphatic rings. The van der Waals surface area contributed by atoms with Gasteiger partial charge in [-0.05, 0) is 13.3 Å². The molecule has 17 heavy (non-hydrogen) atoms. The summed E-state index contributed by atoms with van der Waals surface area (Å²) in [6, 6.07) is -0.538. The number of carbonyl (C=O) groups excluding carboxylic acids is 3. The van der Waals surface area contributed by atoms with Crippen LogP contribution in [0.15, 0.2) is 0 Å². The maximum atomic E-state index is 11.3. The standard InChI is InChI=1S/C11H21N2O3P/c1-3-4-5-6-9(14)12-7-10(15)13-8(2)11(16)17/h8H,3-7,17H2,1-2H3,(H,12,14)(H,13,15). The topological polar surface area (TPSA) is 75.3 Å². The summed E-state index contributed by atoms with van der Waals surface area (Å²) >= 11 is 0. The number of carbonyl (C=O) groups is 3. The lowest BCUT2D eigenvalue weighted by atomic mass is 10.2. The Morgan fingerprint density at radius 3 is 2.35 bits per heavy atom. The van der Waals surface area contributed by atoms with E-state index in [0.29, 0.717) is 6.42 Å². The Balaban J connectivity index is 3.69. The van der Waals surface area contributed by atoms with E-state index in [0.717, 1.165) is 19.3 Å². The smallest absolute Gasteiger partial charge is 0.239 e. The van der Waals surface area contributed by atoms with Gasteiger partial charge in [0.15, 0.2) is 5.52 Å². The van der Waals surface area contributed by atoms with E-state index >= 15 is 0 Å². The van der Waals surface area contributed by atoms with Gasteiger partial charge in [0.2, 0.25) is 11.8 Å². The number of rotatable bonds is 8. The molecule has 0 aliphatic heterocycles. The summed E-state index contributed by atoms with van der Waals surface area (Å²) in [6.07, 6.45) is 3.35. The van der Waals surface area contributed by atoms with Crippen molar-refractivity contribution in [3.05, 3.63) is 0 Å². The average molecular weight is 260 g/mol. The van der Waals surface area contributed by atoms with Gasteiger partial charge < -0.3 is 10.6 Å². The van der Waals surface area contributed by atoms with E-state index in [2.05, 4.69) is 17.6 Å². The quantitative estimate of drug-likeness (QED) is 0.495. The summed E-state index contributed by atoms with van der Waals surface area (Å²) in [5.41, 5.74) is -0.187. The molecule has 0 spiro atoms. The minimum absolute atomic E-state index is 0.0761. The third-order valence-corrected chi connectivity index (χ3v) is 2.76. The van der Waals surface area contributed by atoms with Gasteiger partial charge in [0, 0.05) is 6.42 Å². The Morgan fingerprint density at radius 1 is 1.18 bits per heavy atom. The largest absolute Gasteiger partial charge is 0.347 e. The predicted molar refractivity (Wildman–Crippen MR) is 69.5 cm³/mol. The third kappa shape index (κ3) is 8.81. The fourth-order valence-electron chi connectivity index (χ4n) is 1.17. The summed E-state index contributed by atoms with van der Waals surface area (Å²) in [6.45, 7) is 3.58. The van der Waals surface area contributed by atoms with Gasteiger partial charge in [0.05, 0.1) is 12.6 Å². The van der Waals surface area contributed by atoms with Gasteiger partial charge >= 0.3 is 0 Å². The first kappa shape index (κ1) is 16.0. The van der Waals surface area contributed by atoms with E-state index in [4.69, 9.17) is 0 Å². The molecule has 0 aromatic rings. The molecule has 2 unspecified atom stereocenters. The highest BCUT2D eigenvalue weighted by molar-refractivity contribution is 7.40. The Morgan fingerprint density at radius 2 is 1.82 bits per heavy atom. The van der Waals surface area contributed by atoms with E-state index in [1.54, 1.807) is 6.92 Å². The molecule has 0 saturated carbocycles. The molecule has 0 rings (SSSR count). The van der Waals surface area contributed by atoms with Gasteiger partial charge in [-0.2, -0.15) is 0 Å². The van der Waals surface area contributed by atoms with E-state index in [1.807, 2.05) is 9.24 Å². The van der Waals surface area contributed by atoms with Crippen LogP contribution in [0.25, 0.3) is 0 Å². The number of hydrogen-bond acceptors (Lipinski definition) is 3. The van der Waals surface area contributed by atoms with E-state index in [-0.39, 0.29) is 23.9 Å². The Hall–Kier alpha value is -0.960. The highest BCUT2D eigenvalue weighted by Gasteiger charge is 2.11. The van der Waals surface area contributed by atoms with Crippen LogP contribution in [0.5, 0.6) is 0 Å². The maximum Gasteiger partial charge on any atom is 0.239 e. The molecular formula is C11H21N2O3P. The molecule has 2 atom stereocenters. The van der Waals surface area contributed by atoms with Crippen LogP contribution in [0.2, 0.25) is 0 Å². The minimum Gasteiger partial charge on any atom is -0.347 e. The molecule has 98 valence electrons. The molecule has 2 amide bonds. The number of nitrogens with one attached hydrogen (secondary N) is 2. The van der Waals surface area contributed by atoms with Crippen LogP contribution < -0.4 is 10.6 Å². The first-order valence-corrected chi connectivity index (χ1v) is 6.40. The van der Waals surface area contributed by atoms with Crippen LogP contribution in [-0.4, -0.2) is 29.9 Å². The molecule has 2 N–H and O–H groups in total. The lowest BCUT2D eigenvalue weighted by Gasteiger charge is -2.10. The fraction of sp³-hybridized carbons (Fsp3) is 0.727. The summed E-state index contributed by atoms with van der Waals surface area (Å²) in [5.74, 6) is -0.476. The van der Waals surface area contributed by atoms with E-state index < -0.39 is 6.04 Å². The van der Waals surface area contributed by atoms with Crippen molar-refractivity contribution in [2.45, 2.75) is 45.6 Å². The number of unbranched alkanes of at least 4 members (excludes halogenated alkanes) is 2. The van der Waals surface area contributed by atoms with Crippen LogP contribution in [0.3, 0.4) is 0 Å². The second kappa shape index (κ2) is 9.11. The number of amides is 2. The Bertz CT molecular complexity index is 282. The molecule has 0 aromatic heterocycles. The van der Waals surface area contributed by atoms with Gasteiger partial charge in [0.1, 0.15) is 0 Å². The van der Waals surface area contributed by atoms with Crippen LogP contribution in [0, 0.1) is 0 Å². The Labute approximate surface area is 104 Å². The van der Waals surface area contributed by atoms with E-state index in [1.165, 1.54) is 0 Å². The van der Waals surface area contributed by atoms with Crippen LogP contribution in [0.4, 0.5) is 0 Å². The summed E-state index contributed by atoms with van der Waals surface area (Å²) < 4.78 is 0. The average Bonchev–Trinajstić information content (AvgIpc) is 2.26. The van der Waals surface area contributed by atoms with Gasteiger partial charge in [-0.1, -0.05) is 29.0 Å². The molecule has 0 bridgehead atoms. The molecule has 0 fully saturated rings. The SMILES string of the molecule is CCCCCC(=O)NCC(=O)NC(C)C(=O)P. The molecule has 5 nitrogen and oxygen atoms in total. The molecule has 0 aromatic carbocycles. The summed E-state index contributed by atoms with van der Waals surface area (Å²) in [4.78, 5) is 33.4. The minimum atomic E-state index is -0.538. The highest BCUT2D eigenvalue weighted by Crippen LogP contribution is 1.98. The van der Waals surface area contributed by atoms with Crippen LogP contribution in [0.1, 0.15) is 39.5 Å². The monoisotopic (exact) mass is 260 g/mol. The molecule has 0 aliphatic carbocycles. The van der Waals surface area contributed by atoms with Gasteiger partial charge in [-0.3, -0.25) is 14.4 Å². The second-order valence-electron chi connectivity index (χ2n) is 3.93. The van der Waals surface area contributed by atoms with Crippen LogP contribution >= 0.6 is 9.24 Å². The molecular weight excluding hydrogens is 239 g/mol. The predicted octanol–water partition coefficient (Wildman–Crippen LogP) is 0.589. The maximum absolute atomic E-state index is 11.3. The van der Waals surface area contributed by atoms with Crippen molar-refractivity contribution in [1.29, 1.82) is 0 Å². The molecule has 6 heteroatoms. The lowest BCUT2D eigenvalue weighted by molar-refractivity contribution is -0.127. The van der Waals surface area contributed by atoms with Crippen molar-refractivity contribution in [2.75, 3.05) is 6.54 Å². The van der Waals surface area contributed by atoms with Crippen molar-refractivity contribution in [3.63, 3.8) is 0 Å². The molecule has 0 heterocycles. The highest BCUT2D eigenvalue weighted by atomic mass is 31.0. The Kier molecular flexibility index (Phi) is 8.60. The first-order chi connectivity index (χ1) is 7.97. The van der Waals surface area contributed by atoms with Crippen molar-refractivity contribution in [1.82, 2.24) is 10.6 Å². The second-order valence-corrected chi connectivity index (χ2v) is 4.49. The zero-order valence-corrected chi connectivity index (χ0v) is 11.6. The van der Waals surface area contributed by atoms with Crippen molar-refractivity contribution < 1.29 is 14.4 Å². The molecule has 0 saturated heterocycles. The van der Waals surface area contributed by atoms with Crippen molar-refractivity contribution in [3.8, 4) is 0 Å². The summed E-state index contributed by atoms with van der Waals surface area (Å²) in [7, 11) is 2.01. The van der Waals surface area contributed by atoms with Crippen LogP contribution in [-0.2, 0) is 14.4 Å². The summed E-state index contributed by atoms with van der Waals surface area (Å²) in [5, 5.41) is 4.99. The number of hydrogen-bond donors (Lipinski definition) is 2. The zero-order valence-electron chi connectivity index (χ0n) is 10.4. The first-order valence-electron chi connectivity index (χ1n) is 5.82.